The Bertz CT molecular complexity index is 900. The third kappa shape index (κ3) is 4.25. The van der Waals surface area contributed by atoms with Crippen LogP contribution >= 0.6 is 0 Å². The molecule has 1 saturated heterocycles. The fourth-order valence-electron chi connectivity index (χ4n) is 3.76. The largest absolute Gasteiger partial charge is 0.465 e. The zero-order valence-electron chi connectivity index (χ0n) is 16.3. The molecule has 2 aromatic rings. The summed E-state index contributed by atoms with van der Waals surface area (Å²) in [5.41, 5.74) is 0.539. The van der Waals surface area contributed by atoms with Crippen molar-refractivity contribution in [3.8, 4) is 11.1 Å². The number of halogens is 3. The van der Waals surface area contributed by atoms with Crippen molar-refractivity contribution in [3.05, 3.63) is 54.1 Å². The highest BCUT2D eigenvalue weighted by atomic mass is 19.4. The third-order valence-electron chi connectivity index (χ3n) is 5.46. The van der Waals surface area contributed by atoms with Crippen LogP contribution in [0.1, 0.15) is 12.0 Å². The standard InChI is InChI=1S/C21H22F3N3O3/c1-25-20(10-13-28)14-26(11-12-27(20)19(29)30)18-8-4-16(5-9-18)15-2-6-17(7-3-15)21(22,23)24/h2-9,13,25H,10-12,14H2,1H3,(H,29,30). The molecule has 0 bridgehead atoms. The number of aldehydes is 1. The molecule has 0 radical (unpaired) electrons. The van der Waals surface area contributed by atoms with Crippen molar-refractivity contribution in [2.75, 3.05) is 31.6 Å². The van der Waals surface area contributed by atoms with Gasteiger partial charge in [-0.1, -0.05) is 24.3 Å². The SMILES string of the molecule is CNC1(CC=O)CN(c2ccc(-c3ccc(C(F)(F)F)cc3)cc2)CCN1C(=O)O. The number of anilines is 1. The maximum absolute atomic E-state index is 12.7. The van der Waals surface area contributed by atoms with Gasteiger partial charge in [0.05, 0.1) is 12.1 Å². The lowest BCUT2D eigenvalue weighted by molar-refractivity contribution is -0.137. The van der Waals surface area contributed by atoms with E-state index in [9.17, 15) is 27.9 Å². The van der Waals surface area contributed by atoms with Gasteiger partial charge in [0.2, 0.25) is 0 Å². The number of amides is 1. The first-order valence-corrected chi connectivity index (χ1v) is 9.36. The van der Waals surface area contributed by atoms with E-state index in [1.807, 2.05) is 29.2 Å². The predicted molar refractivity (Wildman–Crippen MR) is 106 cm³/mol. The van der Waals surface area contributed by atoms with Crippen LogP contribution in [0, 0.1) is 0 Å². The zero-order valence-corrected chi connectivity index (χ0v) is 16.3. The number of nitrogens with one attached hydrogen (secondary N) is 1. The molecule has 3 rings (SSSR count). The van der Waals surface area contributed by atoms with E-state index in [1.165, 1.54) is 17.0 Å². The van der Waals surface area contributed by atoms with E-state index >= 15 is 0 Å². The molecule has 0 saturated carbocycles. The summed E-state index contributed by atoms with van der Waals surface area (Å²) < 4.78 is 38.2. The molecule has 2 N–H and O–H groups in total. The van der Waals surface area contributed by atoms with Crippen molar-refractivity contribution in [2.45, 2.75) is 18.3 Å². The number of rotatable bonds is 5. The first kappa shape index (κ1) is 21.6. The maximum Gasteiger partial charge on any atom is 0.416 e. The summed E-state index contributed by atoms with van der Waals surface area (Å²) in [6, 6.07) is 12.3. The molecule has 6 nitrogen and oxygen atoms in total. The molecule has 0 aromatic heterocycles. The van der Waals surface area contributed by atoms with E-state index in [4.69, 9.17) is 0 Å². The Balaban J connectivity index is 1.80. The van der Waals surface area contributed by atoms with E-state index in [1.54, 1.807) is 7.05 Å². The Morgan fingerprint density at radius 3 is 2.13 bits per heavy atom. The Labute approximate surface area is 171 Å². The summed E-state index contributed by atoms with van der Waals surface area (Å²) in [4.78, 5) is 26.0. The molecule has 1 amide bonds. The summed E-state index contributed by atoms with van der Waals surface area (Å²) in [5, 5.41) is 12.5. The lowest BCUT2D eigenvalue weighted by atomic mass is 9.99. The van der Waals surface area contributed by atoms with Gasteiger partial charge in [-0.15, -0.1) is 0 Å². The van der Waals surface area contributed by atoms with Crippen molar-refractivity contribution in [1.82, 2.24) is 10.2 Å². The molecule has 1 aliphatic rings. The number of hydrogen-bond acceptors (Lipinski definition) is 4. The van der Waals surface area contributed by atoms with Gasteiger partial charge in [0, 0.05) is 25.2 Å². The average Bonchev–Trinajstić information content (AvgIpc) is 2.73. The Kier molecular flexibility index (Phi) is 6.02. The number of alkyl halides is 3. The van der Waals surface area contributed by atoms with Gasteiger partial charge < -0.3 is 14.8 Å². The first-order valence-electron chi connectivity index (χ1n) is 9.36. The second kappa shape index (κ2) is 8.35. The molecular weight excluding hydrogens is 399 g/mol. The second-order valence-electron chi connectivity index (χ2n) is 7.13. The van der Waals surface area contributed by atoms with Gasteiger partial charge >= 0.3 is 12.3 Å². The van der Waals surface area contributed by atoms with E-state index in [0.29, 0.717) is 18.4 Å². The number of nitrogens with zero attached hydrogens (tertiary/aromatic N) is 2. The Hall–Kier alpha value is -3.07. The smallest absolute Gasteiger partial charge is 0.416 e. The number of benzene rings is 2. The van der Waals surface area contributed by atoms with Crippen LogP contribution in [-0.4, -0.2) is 54.7 Å². The summed E-state index contributed by atoms with van der Waals surface area (Å²) in [6.45, 7) is 0.965. The van der Waals surface area contributed by atoms with E-state index in [2.05, 4.69) is 5.32 Å². The van der Waals surface area contributed by atoms with Crippen molar-refractivity contribution < 1.29 is 27.9 Å². The Morgan fingerprint density at radius 2 is 1.67 bits per heavy atom. The minimum Gasteiger partial charge on any atom is -0.465 e. The Morgan fingerprint density at radius 1 is 1.10 bits per heavy atom. The molecular formula is C21H22F3N3O3. The van der Waals surface area contributed by atoms with E-state index in [-0.39, 0.29) is 19.5 Å². The molecule has 0 spiro atoms. The highest BCUT2D eigenvalue weighted by Crippen LogP contribution is 2.32. The van der Waals surface area contributed by atoms with Gasteiger partial charge in [-0.05, 0) is 42.4 Å². The molecule has 160 valence electrons. The molecule has 1 unspecified atom stereocenters. The zero-order chi connectivity index (χ0) is 21.9. The lowest BCUT2D eigenvalue weighted by Crippen LogP contribution is -2.69. The molecule has 0 aliphatic carbocycles. The van der Waals surface area contributed by atoms with Gasteiger partial charge in [0.15, 0.2) is 0 Å². The van der Waals surface area contributed by atoms with Gasteiger partial charge in [-0.2, -0.15) is 13.2 Å². The third-order valence-corrected chi connectivity index (χ3v) is 5.46. The number of carboxylic acid groups (broad SMARTS) is 1. The van der Waals surface area contributed by atoms with Crippen LogP contribution < -0.4 is 10.2 Å². The van der Waals surface area contributed by atoms with Crippen LogP contribution in [-0.2, 0) is 11.0 Å². The van der Waals surface area contributed by atoms with Crippen LogP contribution in [0.4, 0.5) is 23.7 Å². The number of piperazine rings is 1. The molecule has 1 atom stereocenters. The normalized spacial score (nSPS) is 19.6. The molecule has 2 aromatic carbocycles. The van der Waals surface area contributed by atoms with Crippen LogP contribution in [0.5, 0.6) is 0 Å². The van der Waals surface area contributed by atoms with Gasteiger partial charge in [0.1, 0.15) is 11.9 Å². The molecule has 1 fully saturated rings. The summed E-state index contributed by atoms with van der Waals surface area (Å²) in [6.07, 6.45) is -4.76. The lowest BCUT2D eigenvalue weighted by Gasteiger charge is -2.49. The molecule has 1 heterocycles. The quantitative estimate of drug-likeness (QED) is 0.721. The van der Waals surface area contributed by atoms with Gasteiger partial charge in [-0.3, -0.25) is 10.2 Å². The van der Waals surface area contributed by atoms with Crippen LogP contribution in [0.25, 0.3) is 11.1 Å². The van der Waals surface area contributed by atoms with Crippen LogP contribution in [0.15, 0.2) is 48.5 Å². The summed E-state index contributed by atoms with van der Waals surface area (Å²) in [7, 11) is 1.62. The molecule has 30 heavy (non-hydrogen) atoms. The maximum atomic E-state index is 12.7. The van der Waals surface area contributed by atoms with E-state index in [0.717, 1.165) is 23.4 Å². The predicted octanol–water partition coefficient (Wildman–Crippen LogP) is 3.68. The number of likely N-dealkylation sites (N-methyl/N-ethyl adjacent to an activating group) is 1. The fraction of sp³-hybridized carbons (Fsp3) is 0.333. The van der Waals surface area contributed by atoms with Crippen molar-refractivity contribution in [1.29, 1.82) is 0 Å². The number of hydrogen-bond donors (Lipinski definition) is 2. The van der Waals surface area contributed by atoms with Crippen LogP contribution in [0.2, 0.25) is 0 Å². The van der Waals surface area contributed by atoms with E-state index < -0.39 is 23.5 Å². The van der Waals surface area contributed by atoms with Gasteiger partial charge in [0.25, 0.3) is 0 Å². The highest BCUT2D eigenvalue weighted by molar-refractivity contribution is 5.70. The fourth-order valence-corrected chi connectivity index (χ4v) is 3.76. The highest BCUT2D eigenvalue weighted by Gasteiger charge is 2.43. The average molecular weight is 421 g/mol. The number of carbonyl (C=O) groups excluding carboxylic acids is 1. The molecule has 9 heteroatoms. The second-order valence-corrected chi connectivity index (χ2v) is 7.13. The summed E-state index contributed by atoms with van der Waals surface area (Å²) in [5.74, 6) is 0. The van der Waals surface area contributed by atoms with Crippen molar-refractivity contribution in [2.24, 2.45) is 0 Å². The minimum absolute atomic E-state index is 0.00986. The van der Waals surface area contributed by atoms with Crippen LogP contribution in [0.3, 0.4) is 0 Å². The van der Waals surface area contributed by atoms with Crippen molar-refractivity contribution in [3.63, 3.8) is 0 Å². The first-order chi connectivity index (χ1) is 14.2. The summed E-state index contributed by atoms with van der Waals surface area (Å²) >= 11 is 0. The van der Waals surface area contributed by atoms with Crippen molar-refractivity contribution >= 4 is 18.1 Å². The minimum atomic E-state index is -4.37. The van der Waals surface area contributed by atoms with Gasteiger partial charge in [-0.25, -0.2) is 4.79 Å². The monoisotopic (exact) mass is 421 g/mol. The number of carbonyl (C=O) groups is 2. The topological polar surface area (TPSA) is 72.9 Å². The molecule has 1 aliphatic heterocycles.